The molecule has 0 aromatic heterocycles. The van der Waals surface area contributed by atoms with Gasteiger partial charge in [-0.1, -0.05) is 48.9 Å². The maximum atomic E-state index is 13.0. The SMILES string of the molecule is CCC(=O)c1ccc(C(=O)N2CCNCC2c2ccccc2Cl)cc1.Cl. The summed E-state index contributed by atoms with van der Waals surface area (Å²) >= 11 is 6.34. The Kier molecular flexibility index (Phi) is 7.21. The normalized spacial score (nSPS) is 16.7. The van der Waals surface area contributed by atoms with Crippen molar-refractivity contribution in [3.05, 3.63) is 70.2 Å². The number of nitrogens with one attached hydrogen (secondary N) is 1. The molecule has 1 atom stereocenters. The van der Waals surface area contributed by atoms with Crippen molar-refractivity contribution in [1.29, 1.82) is 0 Å². The van der Waals surface area contributed by atoms with Crippen molar-refractivity contribution in [2.75, 3.05) is 19.6 Å². The van der Waals surface area contributed by atoms with E-state index in [1.807, 2.05) is 36.1 Å². The lowest BCUT2D eigenvalue weighted by Crippen LogP contribution is -2.48. The fraction of sp³-hybridized carbons (Fsp3) is 0.300. The van der Waals surface area contributed by atoms with Gasteiger partial charge in [-0.15, -0.1) is 12.4 Å². The number of carbonyl (C=O) groups is 2. The molecule has 2 aromatic rings. The lowest BCUT2D eigenvalue weighted by atomic mass is 10.0. The van der Waals surface area contributed by atoms with Gasteiger partial charge in [-0.2, -0.15) is 0 Å². The highest BCUT2D eigenvalue weighted by molar-refractivity contribution is 6.31. The zero-order chi connectivity index (χ0) is 17.8. The highest BCUT2D eigenvalue weighted by Gasteiger charge is 2.29. The molecule has 0 spiro atoms. The third-order valence-electron chi connectivity index (χ3n) is 4.54. The summed E-state index contributed by atoms with van der Waals surface area (Å²) in [5.74, 6) is 0.0389. The second-order valence-electron chi connectivity index (χ2n) is 6.09. The van der Waals surface area contributed by atoms with E-state index < -0.39 is 0 Å². The Hall–Kier alpha value is -1.88. The Morgan fingerprint density at radius 1 is 1.12 bits per heavy atom. The molecule has 1 N–H and O–H groups in total. The van der Waals surface area contributed by atoms with E-state index in [2.05, 4.69) is 5.32 Å². The largest absolute Gasteiger partial charge is 0.329 e. The third-order valence-corrected chi connectivity index (χ3v) is 4.89. The molecule has 26 heavy (non-hydrogen) atoms. The monoisotopic (exact) mass is 392 g/mol. The number of amides is 1. The first kappa shape index (κ1) is 20.4. The number of ketones is 1. The number of benzene rings is 2. The van der Waals surface area contributed by atoms with Crippen LogP contribution >= 0.6 is 24.0 Å². The molecule has 1 fully saturated rings. The minimum atomic E-state index is -0.105. The van der Waals surface area contributed by atoms with Crippen LogP contribution in [0.3, 0.4) is 0 Å². The Morgan fingerprint density at radius 3 is 2.42 bits per heavy atom. The molecule has 0 saturated carbocycles. The van der Waals surface area contributed by atoms with E-state index in [0.29, 0.717) is 35.7 Å². The molecule has 3 rings (SSSR count). The van der Waals surface area contributed by atoms with Crippen molar-refractivity contribution in [1.82, 2.24) is 10.2 Å². The molecule has 1 unspecified atom stereocenters. The molecule has 1 amide bonds. The fourth-order valence-corrected chi connectivity index (χ4v) is 3.40. The first-order chi connectivity index (χ1) is 12.1. The number of halogens is 2. The van der Waals surface area contributed by atoms with E-state index in [4.69, 9.17) is 11.6 Å². The van der Waals surface area contributed by atoms with Gasteiger partial charge in [-0.25, -0.2) is 0 Å². The second-order valence-corrected chi connectivity index (χ2v) is 6.50. The van der Waals surface area contributed by atoms with Gasteiger partial charge in [0.15, 0.2) is 5.78 Å². The zero-order valence-corrected chi connectivity index (χ0v) is 16.1. The maximum absolute atomic E-state index is 13.0. The number of rotatable bonds is 4. The Labute approximate surface area is 164 Å². The summed E-state index contributed by atoms with van der Waals surface area (Å²) in [6, 6.07) is 14.4. The summed E-state index contributed by atoms with van der Waals surface area (Å²) in [5.41, 5.74) is 2.18. The summed E-state index contributed by atoms with van der Waals surface area (Å²) in [7, 11) is 0. The second kappa shape index (κ2) is 9.17. The van der Waals surface area contributed by atoms with E-state index >= 15 is 0 Å². The number of hydrogen-bond acceptors (Lipinski definition) is 3. The summed E-state index contributed by atoms with van der Waals surface area (Å²) in [6.45, 7) is 3.86. The van der Waals surface area contributed by atoms with Crippen LogP contribution in [0.4, 0.5) is 0 Å². The number of carbonyl (C=O) groups excluding carboxylic acids is 2. The molecule has 1 heterocycles. The van der Waals surface area contributed by atoms with Gasteiger partial charge < -0.3 is 10.2 Å². The van der Waals surface area contributed by atoms with Gasteiger partial charge in [0.1, 0.15) is 0 Å². The molecule has 0 bridgehead atoms. The summed E-state index contributed by atoms with van der Waals surface area (Å²) in [4.78, 5) is 26.6. The number of Topliss-reactive ketones (excluding diaryl/α,β-unsaturated/α-hetero) is 1. The predicted octanol–water partition coefficient (Wildman–Crippen LogP) is 4.14. The maximum Gasteiger partial charge on any atom is 0.254 e. The van der Waals surface area contributed by atoms with Crippen LogP contribution in [0.2, 0.25) is 5.02 Å². The third kappa shape index (κ3) is 4.26. The quantitative estimate of drug-likeness (QED) is 0.795. The summed E-state index contributed by atoms with van der Waals surface area (Å²) in [6.07, 6.45) is 0.458. The molecule has 1 aliphatic heterocycles. The topological polar surface area (TPSA) is 49.4 Å². The lowest BCUT2D eigenvalue weighted by Gasteiger charge is -2.37. The molecule has 2 aromatic carbocycles. The van der Waals surface area contributed by atoms with Crippen LogP contribution in [0, 0.1) is 0 Å². The molecule has 4 nitrogen and oxygen atoms in total. The highest BCUT2D eigenvalue weighted by Crippen LogP contribution is 2.29. The van der Waals surface area contributed by atoms with Crippen molar-refractivity contribution >= 4 is 35.7 Å². The minimum Gasteiger partial charge on any atom is -0.329 e. The Morgan fingerprint density at radius 2 is 1.77 bits per heavy atom. The van der Waals surface area contributed by atoms with Crippen molar-refractivity contribution in [3.63, 3.8) is 0 Å². The van der Waals surface area contributed by atoms with E-state index in [0.717, 1.165) is 12.1 Å². The number of nitrogens with zero attached hydrogens (tertiary/aromatic N) is 1. The first-order valence-corrected chi connectivity index (χ1v) is 8.89. The number of piperazine rings is 1. The fourth-order valence-electron chi connectivity index (χ4n) is 3.14. The van der Waals surface area contributed by atoms with Crippen molar-refractivity contribution in [3.8, 4) is 0 Å². The Balaban J connectivity index is 0.00000243. The predicted molar refractivity (Wildman–Crippen MR) is 106 cm³/mol. The molecule has 138 valence electrons. The molecule has 1 aliphatic rings. The van der Waals surface area contributed by atoms with Gasteiger partial charge in [0.2, 0.25) is 0 Å². The van der Waals surface area contributed by atoms with Crippen LogP contribution in [0.1, 0.15) is 45.7 Å². The Bertz CT molecular complexity index is 778. The highest BCUT2D eigenvalue weighted by atomic mass is 35.5. The van der Waals surface area contributed by atoms with Crippen molar-refractivity contribution in [2.45, 2.75) is 19.4 Å². The van der Waals surface area contributed by atoms with Crippen LogP contribution in [0.25, 0.3) is 0 Å². The standard InChI is InChI=1S/C20H21ClN2O2.ClH/c1-2-19(24)14-7-9-15(10-8-14)20(25)23-12-11-22-13-18(23)16-5-3-4-6-17(16)21;/h3-10,18,22H,2,11-13H2,1H3;1H. The van der Waals surface area contributed by atoms with E-state index in [-0.39, 0.29) is 30.1 Å². The average Bonchev–Trinajstić information content (AvgIpc) is 2.67. The molecule has 0 radical (unpaired) electrons. The molecular weight excluding hydrogens is 371 g/mol. The van der Waals surface area contributed by atoms with Crippen LogP contribution in [0.15, 0.2) is 48.5 Å². The minimum absolute atomic E-state index is 0. The van der Waals surface area contributed by atoms with Crippen LogP contribution in [-0.2, 0) is 0 Å². The van der Waals surface area contributed by atoms with Gasteiger partial charge in [0.05, 0.1) is 6.04 Å². The van der Waals surface area contributed by atoms with Crippen LogP contribution < -0.4 is 5.32 Å². The number of hydrogen-bond donors (Lipinski definition) is 1. The first-order valence-electron chi connectivity index (χ1n) is 8.51. The van der Waals surface area contributed by atoms with Crippen molar-refractivity contribution in [2.24, 2.45) is 0 Å². The van der Waals surface area contributed by atoms with Gasteiger partial charge in [0, 0.05) is 42.2 Å². The van der Waals surface area contributed by atoms with Gasteiger partial charge in [-0.05, 0) is 23.8 Å². The van der Waals surface area contributed by atoms with Crippen LogP contribution in [-0.4, -0.2) is 36.2 Å². The van der Waals surface area contributed by atoms with Gasteiger partial charge >= 0.3 is 0 Å². The molecule has 0 aliphatic carbocycles. The summed E-state index contributed by atoms with van der Waals surface area (Å²) < 4.78 is 0. The van der Waals surface area contributed by atoms with Crippen molar-refractivity contribution < 1.29 is 9.59 Å². The summed E-state index contributed by atoms with van der Waals surface area (Å²) in [5, 5.41) is 4.00. The van der Waals surface area contributed by atoms with E-state index in [1.165, 1.54) is 0 Å². The van der Waals surface area contributed by atoms with E-state index in [1.54, 1.807) is 24.3 Å². The lowest BCUT2D eigenvalue weighted by molar-refractivity contribution is 0.0634. The average molecular weight is 393 g/mol. The zero-order valence-electron chi connectivity index (χ0n) is 14.6. The smallest absolute Gasteiger partial charge is 0.254 e. The van der Waals surface area contributed by atoms with Gasteiger partial charge in [-0.3, -0.25) is 9.59 Å². The van der Waals surface area contributed by atoms with Gasteiger partial charge in [0.25, 0.3) is 5.91 Å². The van der Waals surface area contributed by atoms with E-state index in [9.17, 15) is 9.59 Å². The molecular formula is C20H22Cl2N2O2. The van der Waals surface area contributed by atoms with Crippen LogP contribution in [0.5, 0.6) is 0 Å². The molecule has 1 saturated heterocycles. The molecule has 6 heteroatoms.